The Kier molecular flexibility index (Phi) is 5.46. The lowest BCUT2D eigenvalue weighted by Gasteiger charge is -2.26. The van der Waals surface area contributed by atoms with E-state index >= 15 is 0 Å². The number of nitrogens with zero attached hydrogens (tertiary/aromatic N) is 2. The molecule has 2 heterocycles. The second kappa shape index (κ2) is 8.38. The van der Waals surface area contributed by atoms with E-state index in [2.05, 4.69) is 5.32 Å². The molecule has 0 saturated carbocycles. The summed E-state index contributed by atoms with van der Waals surface area (Å²) in [6.45, 7) is 2.27. The fourth-order valence-electron chi connectivity index (χ4n) is 3.59. The Hall–Kier alpha value is -4.40. The number of rotatable bonds is 6. The summed E-state index contributed by atoms with van der Waals surface area (Å²) in [5.41, 5.74) is 6.69. The minimum absolute atomic E-state index is 0.0549. The van der Waals surface area contributed by atoms with Crippen LogP contribution in [0.1, 0.15) is 12.5 Å². The lowest BCUT2D eigenvalue weighted by atomic mass is 10.1. The number of nitrogens with one attached hydrogen (secondary N) is 1. The van der Waals surface area contributed by atoms with Gasteiger partial charge in [0.1, 0.15) is 17.9 Å². The third-order valence-corrected chi connectivity index (χ3v) is 4.95. The van der Waals surface area contributed by atoms with Gasteiger partial charge in [0.15, 0.2) is 0 Å². The van der Waals surface area contributed by atoms with Crippen molar-refractivity contribution in [1.82, 2.24) is 9.88 Å². The molecule has 3 N–H and O–H groups in total. The number of hydrogen-bond acceptors (Lipinski definition) is 5. The summed E-state index contributed by atoms with van der Waals surface area (Å²) >= 11 is 0. The van der Waals surface area contributed by atoms with E-state index in [0.29, 0.717) is 23.6 Å². The van der Waals surface area contributed by atoms with Crippen molar-refractivity contribution in [3.05, 3.63) is 65.9 Å². The Morgan fingerprint density at radius 3 is 2.50 bits per heavy atom. The number of urea groups is 1. The maximum absolute atomic E-state index is 13.1. The number of fused-ring (bicyclic) bond motifs is 1. The molecule has 32 heavy (non-hydrogen) atoms. The number of benzene rings is 2. The highest BCUT2D eigenvalue weighted by Crippen LogP contribution is 2.27. The Morgan fingerprint density at radius 2 is 1.81 bits per heavy atom. The van der Waals surface area contributed by atoms with E-state index in [4.69, 9.17) is 10.5 Å². The molecule has 0 bridgehead atoms. The minimum atomic E-state index is -0.836. The summed E-state index contributed by atoms with van der Waals surface area (Å²) in [5, 5.41) is 2.93. The van der Waals surface area contributed by atoms with Gasteiger partial charge in [-0.3, -0.25) is 19.7 Å². The first-order chi connectivity index (χ1) is 15.4. The standard InChI is InChI=1S/C23H20N4O5/c1-2-32-16-9-7-15(8-10-16)27-22(30)18(21(29)25-23(27)31)11-14-12-26(13-20(24)28)19-6-4-3-5-17(14)19/h3-12H,2,13H2,1H3,(H2,24,28)(H,25,29,31). The average Bonchev–Trinajstić information content (AvgIpc) is 3.09. The molecule has 2 aromatic carbocycles. The molecule has 162 valence electrons. The van der Waals surface area contributed by atoms with Crippen LogP contribution >= 0.6 is 0 Å². The number of primary amides is 1. The molecule has 0 spiro atoms. The number of carbonyl (C=O) groups is 4. The quantitative estimate of drug-likeness (QED) is 0.456. The molecule has 4 rings (SSSR count). The third kappa shape index (κ3) is 3.83. The van der Waals surface area contributed by atoms with Gasteiger partial charge in [0.05, 0.1) is 12.3 Å². The second-order valence-electron chi connectivity index (χ2n) is 7.08. The largest absolute Gasteiger partial charge is 0.494 e. The Balaban J connectivity index is 1.75. The Morgan fingerprint density at radius 1 is 1.09 bits per heavy atom. The van der Waals surface area contributed by atoms with Gasteiger partial charge in [0.2, 0.25) is 5.91 Å². The number of aromatic nitrogens is 1. The summed E-state index contributed by atoms with van der Waals surface area (Å²) in [5.74, 6) is -1.48. The molecule has 1 aromatic heterocycles. The zero-order chi connectivity index (χ0) is 22.8. The van der Waals surface area contributed by atoms with Crippen LogP contribution in [-0.2, 0) is 20.9 Å². The molecule has 1 aliphatic heterocycles. The monoisotopic (exact) mass is 432 g/mol. The molecule has 3 aromatic rings. The van der Waals surface area contributed by atoms with Gasteiger partial charge in [-0.05, 0) is 43.3 Å². The lowest BCUT2D eigenvalue weighted by molar-refractivity contribution is -0.122. The zero-order valence-corrected chi connectivity index (χ0v) is 17.2. The van der Waals surface area contributed by atoms with Crippen molar-refractivity contribution in [1.29, 1.82) is 0 Å². The van der Waals surface area contributed by atoms with Crippen LogP contribution in [0.25, 0.3) is 17.0 Å². The van der Waals surface area contributed by atoms with Crippen LogP contribution in [0.4, 0.5) is 10.5 Å². The number of amides is 5. The van der Waals surface area contributed by atoms with Gasteiger partial charge in [-0.2, -0.15) is 0 Å². The van der Waals surface area contributed by atoms with Crippen molar-refractivity contribution in [2.24, 2.45) is 5.73 Å². The number of ether oxygens (including phenoxy) is 1. The highest BCUT2D eigenvalue weighted by molar-refractivity contribution is 6.39. The first kappa shape index (κ1) is 20.9. The van der Waals surface area contributed by atoms with Crippen LogP contribution in [0.3, 0.4) is 0 Å². The molecule has 0 aliphatic carbocycles. The van der Waals surface area contributed by atoms with Gasteiger partial charge in [-0.1, -0.05) is 18.2 Å². The van der Waals surface area contributed by atoms with Crippen molar-refractivity contribution in [2.75, 3.05) is 11.5 Å². The maximum atomic E-state index is 13.1. The SMILES string of the molecule is CCOc1ccc(N2C(=O)NC(=O)C(=Cc3cn(CC(N)=O)c4ccccc34)C2=O)cc1. The smallest absolute Gasteiger partial charge is 0.335 e. The normalized spacial score (nSPS) is 15.3. The molecule has 9 nitrogen and oxygen atoms in total. The van der Waals surface area contributed by atoms with Gasteiger partial charge >= 0.3 is 6.03 Å². The first-order valence-electron chi connectivity index (χ1n) is 9.89. The Bertz CT molecular complexity index is 1270. The summed E-state index contributed by atoms with van der Waals surface area (Å²) in [4.78, 5) is 50.4. The molecular weight excluding hydrogens is 412 g/mol. The molecule has 9 heteroatoms. The molecule has 1 fully saturated rings. The third-order valence-electron chi connectivity index (χ3n) is 4.95. The van der Waals surface area contributed by atoms with Gasteiger partial charge in [0.25, 0.3) is 11.8 Å². The van der Waals surface area contributed by atoms with Crippen LogP contribution in [0, 0.1) is 0 Å². The number of nitrogens with two attached hydrogens (primary N) is 1. The van der Waals surface area contributed by atoms with E-state index in [1.807, 2.05) is 13.0 Å². The average molecular weight is 432 g/mol. The number of hydrogen-bond donors (Lipinski definition) is 2. The van der Waals surface area contributed by atoms with E-state index in [1.165, 1.54) is 6.08 Å². The van der Waals surface area contributed by atoms with Crippen LogP contribution in [-0.4, -0.2) is 34.9 Å². The zero-order valence-electron chi connectivity index (χ0n) is 17.2. The van der Waals surface area contributed by atoms with E-state index in [9.17, 15) is 19.2 Å². The fourth-order valence-corrected chi connectivity index (χ4v) is 3.59. The molecule has 5 amide bonds. The predicted molar refractivity (Wildman–Crippen MR) is 118 cm³/mol. The first-order valence-corrected chi connectivity index (χ1v) is 9.89. The van der Waals surface area contributed by atoms with Crippen LogP contribution in [0.2, 0.25) is 0 Å². The van der Waals surface area contributed by atoms with Crippen LogP contribution in [0.15, 0.2) is 60.3 Å². The van der Waals surface area contributed by atoms with E-state index in [-0.39, 0.29) is 12.1 Å². The summed E-state index contributed by atoms with van der Waals surface area (Å²) in [7, 11) is 0. The number of imide groups is 2. The van der Waals surface area contributed by atoms with Crippen molar-refractivity contribution in [2.45, 2.75) is 13.5 Å². The minimum Gasteiger partial charge on any atom is -0.494 e. The Labute approximate surface area is 183 Å². The number of anilines is 1. The van der Waals surface area contributed by atoms with Gasteiger partial charge in [-0.25, -0.2) is 9.69 Å². The highest BCUT2D eigenvalue weighted by Gasteiger charge is 2.37. The highest BCUT2D eigenvalue weighted by atomic mass is 16.5. The second-order valence-corrected chi connectivity index (χ2v) is 7.08. The van der Waals surface area contributed by atoms with Crippen LogP contribution < -0.4 is 20.7 Å². The molecule has 0 atom stereocenters. The molecular formula is C23H20N4O5. The topological polar surface area (TPSA) is 124 Å². The van der Waals surface area contributed by atoms with E-state index in [0.717, 1.165) is 15.8 Å². The summed E-state index contributed by atoms with van der Waals surface area (Å²) in [6.07, 6.45) is 3.05. The van der Waals surface area contributed by atoms with E-state index < -0.39 is 23.8 Å². The van der Waals surface area contributed by atoms with Crippen LogP contribution in [0.5, 0.6) is 5.75 Å². The lowest BCUT2D eigenvalue weighted by Crippen LogP contribution is -2.54. The molecule has 0 radical (unpaired) electrons. The molecule has 1 saturated heterocycles. The number of barbiturate groups is 1. The summed E-state index contributed by atoms with van der Waals surface area (Å²) in [6, 6.07) is 12.8. The van der Waals surface area contributed by atoms with Gasteiger partial charge in [-0.15, -0.1) is 0 Å². The van der Waals surface area contributed by atoms with Crippen molar-refractivity contribution < 1.29 is 23.9 Å². The molecule has 0 unspecified atom stereocenters. The fraction of sp³-hybridized carbons (Fsp3) is 0.130. The van der Waals surface area contributed by atoms with Gasteiger partial charge in [0, 0.05) is 22.7 Å². The number of carbonyl (C=O) groups excluding carboxylic acids is 4. The van der Waals surface area contributed by atoms with Crippen molar-refractivity contribution >= 4 is 46.4 Å². The molecule has 1 aliphatic rings. The maximum Gasteiger partial charge on any atom is 0.335 e. The predicted octanol–water partition coefficient (Wildman–Crippen LogP) is 2.19. The van der Waals surface area contributed by atoms with Gasteiger partial charge < -0.3 is 15.0 Å². The van der Waals surface area contributed by atoms with Crippen molar-refractivity contribution in [3.8, 4) is 5.75 Å². The number of para-hydroxylation sites is 1. The van der Waals surface area contributed by atoms with Crippen molar-refractivity contribution in [3.63, 3.8) is 0 Å². The van der Waals surface area contributed by atoms with E-state index in [1.54, 1.807) is 53.2 Å². The summed E-state index contributed by atoms with van der Waals surface area (Å²) < 4.78 is 7.03.